The summed E-state index contributed by atoms with van der Waals surface area (Å²) in [5.74, 6) is 0.545. The van der Waals surface area contributed by atoms with Crippen LogP contribution in [0.3, 0.4) is 0 Å². The van der Waals surface area contributed by atoms with Gasteiger partial charge < -0.3 is 15.1 Å². The van der Waals surface area contributed by atoms with Crippen molar-refractivity contribution in [2.75, 3.05) is 11.4 Å². The lowest BCUT2D eigenvalue weighted by Crippen LogP contribution is -2.20. The largest absolute Gasteiger partial charge is 0.508 e. The number of phenolic OH excluding ortho intramolecular Hbond substituents is 2. The van der Waals surface area contributed by atoms with Crippen molar-refractivity contribution in [1.82, 2.24) is 0 Å². The minimum atomic E-state index is 0.272. The number of benzene rings is 4. The van der Waals surface area contributed by atoms with E-state index in [4.69, 9.17) is 0 Å². The van der Waals surface area contributed by atoms with Gasteiger partial charge in [-0.1, -0.05) is 48.2 Å². The number of fused-ring (bicyclic) bond motifs is 2. The quantitative estimate of drug-likeness (QED) is 0.379. The Bertz CT molecular complexity index is 1160. The Morgan fingerprint density at radius 3 is 1.53 bits per heavy atom. The average Bonchev–Trinajstić information content (AvgIpc) is 2.76. The molecule has 0 fully saturated rings. The predicted octanol–water partition coefficient (Wildman–Crippen LogP) is 7.05. The first-order valence-corrected chi connectivity index (χ1v) is 10.8. The summed E-state index contributed by atoms with van der Waals surface area (Å²) in [4.78, 5) is 4.72. The number of nitrogens with zero attached hydrogens (tertiary/aromatic N) is 1. The van der Waals surface area contributed by atoms with Gasteiger partial charge in [0.2, 0.25) is 0 Å². The molecule has 4 heteroatoms. The van der Waals surface area contributed by atoms with E-state index in [0.29, 0.717) is 0 Å². The van der Waals surface area contributed by atoms with Gasteiger partial charge in [0.05, 0.1) is 11.4 Å². The van der Waals surface area contributed by atoms with Crippen molar-refractivity contribution in [2.24, 2.45) is 0 Å². The second kappa shape index (κ2) is 7.47. The molecular weight excluding hydrogens is 390 g/mol. The van der Waals surface area contributed by atoms with Crippen LogP contribution in [0, 0.1) is 0 Å². The molecule has 0 bridgehead atoms. The van der Waals surface area contributed by atoms with Gasteiger partial charge in [0, 0.05) is 16.3 Å². The lowest BCUT2D eigenvalue weighted by molar-refractivity contribution is 0.475. The first kappa shape index (κ1) is 18.6. The Balaban J connectivity index is 1.58. The van der Waals surface area contributed by atoms with Gasteiger partial charge in [0.1, 0.15) is 11.5 Å². The molecule has 5 rings (SSSR count). The molecule has 1 heterocycles. The molecular formula is C26H21NO2S. The number of hydrogen-bond acceptors (Lipinski definition) is 4. The van der Waals surface area contributed by atoms with E-state index in [1.165, 1.54) is 21.2 Å². The van der Waals surface area contributed by atoms with Gasteiger partial charge in [-0.3, -0.25) is 0 Å². The van der Waals surface area contributed by atoms with Crippen LogP contribution in [-0.2, 0) is 0 Å². The van der Waals surface area contributed by atoms with E-state index in [9.17, 15) is 10.2 Å². The molecule has 0 radical (unpaired) electrons. The van der Waals surface area contributed by atoms with Crippen LogP contribution in [-0.4, -0.2) is 16.8 Å². The predicted molar refractivity (Wildman–Crippen MR) is 124 cm³/mol. The summed E-state index contributed by atoms with van der Waals surface area (Å²) < 4.78 is 0. The van der Waals surface area contributed by atoms with E-state index in [1.54, 1.807) is 36.0 Å². The maximum absolute atomic E-state index is 9.85. The van der Waals surface area contributed by atoms with Gasteiger partial charge in [-0.15, -0.1) is 0 Å². The molecule has 1 aliphatic heterocycles. The molecule has 3 nitrogen and oxygen atoms in total. The van der Waals surface area contributed by atoms with E-state index in [-0.39, 0.29) is 11.5 Å². The lowest BCUT2D eigenvalue weighted by atomic mass is 10.0. The third kappa shape index (κ3) is 3.29. The maximum atomic E-state index is 9.85. The highest BCUT2D eigenvalue weighted by Gasteiger charge is 2.23. The number of hydrogen-bond donors (Lipinski definition) is 2. The molecule has 1 aliphatic rings. The van der Waals surface area contributed by atoms with E-state index >= 15 is 0 Å². The normalized spacial score (nSPS) is 12.4. The SMILES string of the molecule is CCN1c2ccc(-c3cccc(O)c3)cc2Sc2cc(-c3cccc(O)c3)ccc21. The molecule has 0 aromatic heterocycles. The van der Waals surface area contributed by atoms with E-state index in [1.807, 2.05) is 24.3 Å². The summed E-state index contributed by atoms with van der Waals surface area (Å²) in [7, 11) is 0. The van der Waals surface area contributed by atoms with Crippen LogP contribution in [0.25, 0.3) is 22.3 Å². The summed E-state index contributed by atoms with van der Waals surface area (Å²) in [6.45, 7) is 3.04. The van der Waals surface area contributed by atoms with Crippen LogP contribution in [0.5, 0.6) is 11.5 Å². The van der Waals surface area contributed by atoms with Gasteiger partial charge in [0.25, 0.3) is 0 Å². The highest BCUT2D eigenvalue weighted by Crippen LogP contribution is 2.50. The molecule has 0 aliphatic carbocycles. The van der Waals surface area contributed by atoms with Gasteiger partial charge in [0.15, 0.2) is 0 Å². The fraction of sp³-hybridized carbons (Fsp3) is 0.0769. The van der Waals surface area contributed by atoms with Crippen molar-refractivity contribution >= 4 is 23.1 Å². The Morgan fingerprint density at radius 1 is 0.633 bits per heavy atom. The zero-order valence-electron chi connectivity index (χ0n) is 16.5. The highest BCUT2D eigenvalue weighted by atomic mass is 32.2. The van der Waals surface area contributed by atoms with Crippen LogP contribution in [0.1, 0.15) is 6.92 Å². The molecule has 30 heavy (non-hydrogen) atoms. The molecule has 4 aromatic rings. The van der Waals surface area contributed by atoms with Gasteiger partial charge in [-0.2, -0.15) is 0 Å². The summed E-state index contributed by atoms with van der Waals surface area (Å²) in [6.07, 6.45) is 0. The summed E-state index contributed by atoms with van der Waals surface area (Å²) in [5.41, 5.74) is 6.57. The first-order valence-electron chi connectivity index (χ1n) is 9.94. The monoisotopic (exact) mass is 411 g/mol. The van der Waals surface area contributed by atoms with E-state index in [0.717, 1.165) is 28.8 Å². The van der Waals surface area contributed by atoms with Crippen molar-refractivity contribution in [3.05, 3.63) is 84.9 Å². The number of anilines is 2. The Morgan fingerprint density at radius 2 is 1.10 bits per heavy atom. The van der Waals surface area contributed by atoms with Crippen LogP contribution in [0.15, 0.2) is 94.7 Å². The third-order valence-electron chi connectivity index (χ3n) is 5.40. The van der Waals surface area contributed by atoms with Gasteiger partial charge >= 0.3 is 0 Å². The molecule has 0 amide bonds. The molecule has 0 spiro atoms. The summed E-state index contributed by atoms with van der Waals surface area (Å²) in [6, 6.07) is 27.7. The molecule has 0 atom stereocenters. The second-order valence-electron chi connectivity index (χ2n) is 7.31. The van der Waals surface area contributed by atoms with Crippen LogP contribution >= 0.6 is 11.8 Å². The van der Waals surface area contributed by atoms with Gasteiger partial charge in [-0.25, -0.2) is 0 Å². The lowest BCUT2D eigenvalue weighted by Gasteiger charge is -2.32. The van der Waals surface area contributed by atoms with Crippen molar-refractivity contribution < 1.29 is 10.2 Å². The van der Waals surface area contributed by atoms with E-state index in [2.05, 4.69) is 48.2 Å². The zero-order valence-corrected chi connectivity index (χ0v) is 17.4. The highest BCUT2D eigenvalue weighted by molar-refractivity contribution is 7.99. The molecule has 0 unspecified atom stereocenters. The Hall–Kier alpha value is -3.37. The average molecular weight is 412 g/mol. The smallest absolute Gasteiger partial charge is 0.116 e. The number of phenols is 2. The van der Waals surface area contributed by atoms with Crippen LogP contribution < -0.4 is 4.90 Å². The van der Waals surface area contributed by atoms with Crippen molar-refractivity contribution in [1.29, 1.82) is 0 Å². The van der Waals surface area contributed by atoms with Crippen molar-refractivity contribution in [2.45, 2.75) is 16.7 Å². The minimum Gasteiger partial charge on any atom is -0.508 e. The molecule has 148 valence electrons. The van der Waals surface area contributed by atoms with Crippen molar-refractivity contribution in [3.8, 4) is 33.8 Å². The standard InChI is InChI=1S/C26H21NO2S/c1-2-27-23-11-9-19(17-5-3-7-21(28)13-17)15-25(23)30-26-16-20(10-12-24(26)27)18-6-4-8-22(29)14-18/h3-16,28-29H,2H2,1H3. The minimum absolute atomic E-state index is 0.272. The second-order valence-corrected chi connectivity index (χ2v) is 8.40. The first-order chi connectivity index (χ1) is 14.6. The molecule has 2 N–H and O–H groups in total. The third-order valence-corrected chi connectivity index (χ3v) is 6.49. The zero-order chi connectivity index (χ0) is 20.7. The van der Waals surface area contributed by atoms with Crippen molar-refractivity contribution in [3.63, 3.8) is 0 Å². The number of aromatic hydroxyl groups is 2. The Kier molecular flexibility index (Phi) is 4.64. The van der Waals surface area contributed by atoms with E-state index < -0.39 is 0 Å². The maximum Gasteiger partial charge on any atom is 0.116 e. The summed E-state index contributed by atoms with van der Waals surface area (Å²) in [5, 5.41) is 19.7. The van der Waals surface area contributed by atoms with Crippen LogP contribution in [0.4, 0.5) is 11.4 Å². The topological polar surface area (TPSA) is 43.7 Å². The number of rotatable bonds is 3. The fourth-order valence-electron chi connectivity index (χ4n) is 3.96. The Labute approximate surface area is 180 Å². The van der Waals surface area contributed by atoms with Crippen LogP contribution in [0.2, 0.25) is 0 Å². The summed E-state index contributed by atoms with van der Waals surface area (Å²) >= 11 is 1.76. The fourth-order valence-corrected chi connectivity index (χ4v) is 5.13. The molecule has 0 saturated heterocycles. The van der Waals surface area contributed by atoms with Gasteiger partial charge in [-0.05, 0) is 77.7 Å². The molecule has 0 saturated carbocycles. The molecule has 4 aromatic carbocycles.